The number of aliphatic carboxylic acids is 2. The molecule has 3 rings (SSSR count). The van der Waals surface area contributed by atoms with Crippen LogP contribution in [0.2, 0.25) is 0 Å². The number of piperazine rings is 1. The SMILES string of the molecule is COc1ccccc1C(=O)N1CCN(CCCc2ccccc2)CC1.O=C(O)C(=O)O. The molecule has 0 aliphatic carbocycles. The third-order valence-electron chi connectivity index (χ3n) is 4.96. The van der Waals surface area contributed by atoms with Gasteiger partial charge in [-0.25, -0.2) is 9.59 Å². The summed E-state index contributed by atoms with van der Waals surface area (Å²) in [5.41, 5.74) is 2.05. The summed E-state index contributed by atoms with van der Waals surface area (Å²) in [6.45, 7) is 4.53. The standard InChI is InChI=1S/C21H26N2O2.C2H2O4/c1-25-20-12-6-5-11-19(20)21(24)23-16-14-22(15-17-23)13-7-10-18-8-3-2-4-9-18;3-1(4)2(5)6/h2-6,8-9,11-12H,7,10,13-17H2,1H3;(H,3,4)(H,5,6). The molecule has 31 heavy (non-hydrogen) atoms. The topological polar surface area (TPSA) is 107 Å². The van der Waals surface area contributed by atoms with Gasteiger partial charge in [0.1, 0.15) is 5.75 Å². The van der Waals surface area contributed by atoms with Crippen molar-refractivity contribution in [1.29, 1.82) is 0 Å². The van der Waals surface area contributed by atoms with Gasteiger partial charge in [0, 0.05) is 26.2 Å². The number of rotatable bonds is 6. The molecule has 1 aliphatic heterocycles. The molecule has 0 radical (unpaired) electrons. The fourth-order valence-corrected chi connectivity index (χ4v) is 3.32. The second-order valence-corrected chi connectivity index (χ2v) is 7.03. The number of para-hydroxylation sites is 1. The molecule has 8 heteroatoms. The van der Waals surface area contributed by atoms with Crippen molar-refractivity contribution in [2.24, 2.45) is 0 Å². The van der Waals surface area contributed by atoms with Gasteiger partial charge in [0.15, 0.2) is 0 Å². The summed E-state index contributed by atoms with van der Waals surface area (Å²) in [4.78, 5) is 35.3. The lowest BCUT2D eigenvalue weighted by atomic mass is 10.1. The van der Waals surface area contributed by atoms with Crippen molar-refractivity contribution in [3.63, 3.8) is 0 Å². The molecule has 0 saturated carbocycles. The van der Waals surface area contributed by atoms with Gasteiger partial charge in [-0.15, -0.1) is 0 Å². The number of carbonyl (C=O) groups is 3. The molecule has 0 atom stereocenters. The van der Waals surface area contributed by atoms with Gasteiger partial charge in [0.05, 0.1) is 12.7 Å². The minimum Gasteiger partial charge on any atom is -0.496 e. The number of methoxy groups -OCH3 is 1. The Morgan fingerprint density at radius 1 is 0.871 bits per heavy atom. The van der Waals surface area contributed by atoms with Crippen LogP contribution in [0, 0.1) is 0 Å². The van der Waals surface area contributed by atoms with Crippen LogP contribution < -0.4 is 4.74 Å². The zero-order chi connectivity index (χ0) is 22.6. The first-order valence-electron chi connectivity index (χ1n) is 10.1. The number of amides is 1. The van der Waals surface area contributed by atoms with E-state index in [1.54, 1.807) is 7.11 Å². The molecule has 0 spiro atoms. The molecular formula is C23H28N2O6. The second kappa shape index (κ2) is 12.3. The average molecular weight is 428 g/mol. The highest BCUT2D eigenvalue weighted by molar-refractivity contribution is 6.27. The molecule has 0 bridgehead atoms. The number of benzene rings is 2. The average Bonchev–Trinajstić information content (AvgIpc) is 2.80. The van der Waals surface area contributed by atoms with Crippen LogP contribution >= 0.6 is 0 Å². The molecule has 1 amide bonds. The predicted octanol–water partition coefficient (Wildman–Crippen LogP) is 2.24. The molecule has 166 valence electrons. The van der Waals surface area contributed by atoms with E-state index in [0.717, 1.165) is 45.6 Å². The van der Waals surface area contributed by atoms with E-state index in [4.69, 9.17) is 24.5 Å². The maximum absolute atomic E-state index is 12.7. The van der Waals surface area contributed by atoms with Crippen LogP contribution in [0.4, 0.5) is 0 Å². The fraction of sp³-hybridized carbons (Fsp3) is 0.348. The Kier molecular flexibility index (Phi) is 9.51. The summed E-state index contributed by atoms with van der Waals surface area (Å²) < 4.78 is 5.32. The molecule has 2 aromatic rings. The maximum atomic E-state index is 12.7. The minimum absolute atomic E-state index is 0.0707. The van der Waals surface area contributed by atoms with Crippen molar-refractivity contribution in [3.05, 3.63) is 65.7 Å². The zero-order valence-corrected chi connectivity index (χ0v) is 17.6. The maximum Gasteiger partial charge on any atom is 0.414 e. The number of carboxylic acid groups (broad SMARTS) is 2. The van der Waals surface area contributed by atoms with Crippen LogP contribution in [0.5, 0.6) is 5.75 Å². The van der Waals surface area contributed by atoms with Gasteiger partial charge in [0.2, 0.25) is 0 Å². The highest BCUT2D eigenvalue weighted by atomic mass is 16.5. The van der Waals surface area contributed by atoms with Gasteiger partial charge in [0.25, 0.3) is 5.91 Å². The molecular weight excluding hydrogens is 400 g/mol. The Morgan fingerprint density at radius 2 is 1.45 bits per heavy atom. The van der Waals surface area contributed by atoms with Gasteiger partial charge in [-0.2, -0.15) is 0 Å². The molecule has 0 unspecified atom stereocenters. The Labute approximate surface area is 181 Å². The smallest absolute Gasteiger partial charge is 0.414 e. The van der Waals surface area contributed by atoms with Crippen molar-refractivity contribution < 1.29 is 29.3 Å². The van der Waals surface area contributed by atoms with Crippen molar-refractivity contribution >= 4 is 17.8 Å². The molecule has 0 aromatic heterocycles. The van der Waals surface area contributed by atoms with Crippen molar-refractivity contribution in [1.82, 2.24) is 9.80 Å². The number of hydrogen-bond acceptors (Lipinski definition) is 5. The third kappa shape index (κ3) is 7.75. The van der Waals surface area contributed by atoms with E-state index in [2.05, 4.69) is 35.2 Å². The minimum atomic E-state index is -1.82. The summed E-state index contributed by atoms with van der Waals surface area (Å²) in [6, 6.07) is 18.1. The lowest BCUT2D eigenvalue weighted by Gasteiger charge is -2.35. The van der Waals surface area contributed by atoms with E-state index >= 15 is 0 Å². The normalized spacial score (nSPS) is 13.6. The van der Waals surface area contributed by atoms with Crippen LogP contribution in [-0.2, 0) is 16.0 Å². The monoisotopic (exact) mass is 428 g/mol. The Morgan fingerprint density at radius 3 is 2.03 bits per heavy atom. The summed E-state index contributed by atoms with van der Waals surface area (Å²) in [7, 11) is 1.61. The number of hydrogen-bond donors (Lipinski definition) is 2. The first kappa shape index (κ1) is 23.9. The number of ether oxygens (including phenoxy) is 1. The lowest BCUT2D eigenvalue weighted by Crippen LogP contribution is -2.48. The number of aryl methyl sites for hydroxylation is 1. The first-order chi connectivity index (χ1) is 14.9. The van der Waals surface area contributed by atoms with Crippen LogP contribution in [0.15, 0.2) is 54.6 Å². The Hall–Kier alpha value is -3.39. The van der Waals surface area contributed by atoms with Crippen LogP contribution in [0.25, 0.3) is 0 Å². The molecule has 1 fully saturated rings. The summed E-state index contributed by atoms with van der Waals surface area (Å²) in [6.07, 6.45) is 2.27. The number of nitrogens with zero attached hydrogens (tertiary/aromatic N) is 2. The molecule has 1 saturated heterocycles. The first-order valence-corrected chi connectivity index (χ1v) is 10.1. The van der Waals surface area contributed by atoms with Gasteiger partial charge in [-0.05, 0) is 37.1 Å². The van der Waals surface area contributed by atoms with Gasteiger partial charge in [-0.1, -0.05) is 42.5 Å². The predicted molar refractivity (Wildman–Crippen MR) is 115 cm³/mol. The van der Waals surface area contributed by atoms with Crippen molar-refractivity contribution in [3.8, 4) is 5.75 Å². The largest absolute Gasteiger partial charge is 0.496 e. The number of carbonyl (C=O) groups excluding carboxylic acids is 1. The summed E-state index contributed by atoms with van der Waals surface area (Å²) >= 11 is 0. The highest BCUT2D eigenvalue weighted by Crippen LogP contribution is 2.20. The fourth-order valence-electron chi connectivity index (χ4n) is 3.32. The van der Waals surface area contributed by atoms with Crippen LogP contribution in [0.3, 0.4) is 0 Å². The molecule has 2 N–H and O–H groups in total. The highest BCUT2D eigenvalue weighted by Gasteiger charge is 2.23. The zero-order valence-electron chi connectivity index (χ0n) is 17.6. The second-order valence-electron chi connectivity index (χ2n) is 7.03. The van der Waals surface area contributed by atoms with E-state index < -0.39 is 11.9 Å². The quantitative estimate of drug-likeness (QED) is 0.680. The third-order valence-corrected chi connectivity index (χ3v) is 4.96. The summed E-state index contributed by atoms with van der Waals surface area (Å²) in [5, 5.41) is 14.8. The van der Waals surface area contributed by atoms with E-state index in [0.29, 0.717) is 11.3 Å². The van der Waals surface area contributed by atoms with E-state index in [1.165, 1.54) is 5.56 Å². The molecule has 8 nitrogen and oxygen atoms in total. The van der Waals surface area contributed by atoms with Gasteiger partial charge in [-0.3, -0.25) is 9.69 Å². The van der Waals surface area contributed by atoms with Gasteiger partial charge >= 0.3 is 11.9 Å². The van der Waals surface area contributed by atoms with Crippen molar-refractivity contribution in [2.75, 3.05) is 39.8 Å². The Bertz CT molecular complexity index is 851. The van der Waals surface area contributed by atoms with Crippen LogP contribution in [-0.4, -0.2) is 77.7 Å². The lowest BCUT2D eigenvalue weighted by molar-refractivity contribution is -0.159. The van der Waals surface area contributed by atoms with Crippen LogP contribution in [0.1, 0.15) is 22.3 Å². The molecule has 1 aliphatic rings. The number of carboxylic acids is 2. The van der Waals surface area contributed by atoms with E-state index in [9.17, 15) is 4.79 Å². The van der Waals surface area contributed by atoms with Gasteiger partial charge < -0.3 is 19.8 Å². The van der Waals surface area contributed by atoms with E-state index in [-0.39, 0.29) is 5.91 Å². The molecule has 2 aromatic carbocycles. The van der Waals surface area contributed by atoms with E-state index in [1.807, 2.05) is 29.2 Å². The molecule has 1 heterocycles. The van der Waals surface area contributed by atoms with Crippen molar-refractivity contribution in [2.45, 2.75) is 12.8 Å². The summed E-state index contributed by atoms with van der Waals surface area (Å²) in [5.74, 6) is -2.93. The Balaban J connectivity index is 0.000000501.